The van der Waals surface area contributed by atoms with E-state index >= 15 is 0 Å². The second kappa shape index (κ2) is 6.47. The molecule has 1 atom stereocenters. The van der Waals surface area contributed by atoms with E-state index in [1.165, 1.54) is 16.4 Å². The highest BCUT2D eigenvalue weighted by atomic mass is 35.5. The van der Waals surface area contributed by atoms with Gasteiger partial charge >= 0.3 is 0 Å². The zero-order chi connectivity index (χ0) is 17.5. The fraction of sp³-hybridized carbons (Fsp3) is 0.294. The third-order valence-corrected chi connectivity index (χ3v) is 6.66. The standard InChI is InChI=1S/C17H17Cl2NO3S/c1-3-23-16-9-14(19)17(10-13(16)18)24(21,22)20-11(2)8-12-6-4-5-7-15(12)20/h4-7,9-11H,3,8H2,1-2H3/t11-/m1/s1. The molecule has 0 saturated carbocycles. The average Bonchev–Trinajstić information content (AvgIpc) is 2.87. The molecule has 0 N–H and O–H groups in total. The number of ether oxygens (including phenoxy) is 1. The highest BCUT2D eigenvalue weighted by molar-refractivity contribution is 7.93. The van der Waals surface area contributed by atoms with Crippen LogP contribution in [0, 0.1) is 0 Å². The SMILES string of the molecule is CCOc1cc(Cl)c(S(=O)(=O)N2c3ccccc3C[C@H]2C)cc1Cl. The van der Waals surface area contributed by atoms with E-state index in [9.17, 15) is 8.42 Å². The molecule has 4 nitrogen and oxygen atoms in total. The second-order valence-electron chi connectivity index (χ2n) is 5.63. The zero-order valence-corrected chi connectivity index (χ0v) is 15.6. The predicted octanol–water partition coefficient (Wildman–Crippen LogP) is 4.53. The van der Waals surface area contributed by atoms with Crippen molar-refractivity contribution in [3.8, 4) is 5.75 Å². The Morgan fingerprint density at radius 2 is 1.92 bits per heavy atom. The molecular weight excluding hydrogens is 369 g/mol. The van der Waals surface area contributed by atoms with Crippen LogP contribution in [0.25, 0.3) is 0 Å². The van der Waals surface area contributed by atoms with Crippen LogP contribution in [0.4, 0.5) is 5.69 Å². The van der Waals surface area contributed by atoms with Crippen molar-refractivity contribution in [2.24, 2.45) is 0 Å². The summed E-state index contributed by atoms with van der Waals surface area (Å²) in [4.78, 5) is -0.0128. The Labute approximate surface area is 152 Å². The first-order valence-corrected chi connectivity index (χ1v) is 9.80. The van der Waals surface area contributed by atoms with E-state index in [4.69, 9.17) is 27.9 Å². The summed E-state index contributed by atoms with van der Waals surface area (Å²) < 4.78 is 33.2. The molecule has 2 aromatic rings. The van der Waals surface area contributed by atoms with Crippen molar-refractivity contribution in [3.05, 3.63) is 52.0 Å². The first-order chi connectivity index (χ1) is 11.4. The largest absolute Gasteiger partial charge is 0.492 e. The van der Waals surface area contributed by atoms with E-state index in [2.05, 4.69) is 0 Å². The number of benzene rings is 2. The summed E-state index contributed by atoms with van der Waals surface area (Å²) in [6, 6.07) is 10.1. The Bertz CT molecular complexity index is 883. The minimum Gasteiger partial charge on any atom is -0.492 e. The normalized spacial score (nSPS) is 17.0. The van der Waals surface area contributed by atoms with E-state index in [0.717, 1.165) is 5.56 Å². The molecule has 0 fully saturated rings. The molecule has 0 aromatic heterocycles. The molecule has 3 rings (SSSR count). The summed E-state index contributed by atoms with van der Waals surface area (Å²) in [5.41, 5.74) is 1.69. The van der Waals surface area contributed by atoms with Crippen LogP contribution in [0.1, 0.15) is 19.4 Å². The molecule has 128 valence electrons. The smallest absolute Gasteiger partial charge is 0.266 e. The molecule has 0 unspecified atom stereocenters. The van der Waals surface area contributed by atoms with Crippen molar-refractivity contribution >= 4 is 38.9 Å². The van der Waals surface area contributed by atoms with Gasteiger partial charge < -0.3 is 4.74 Å². The van der Waals surface area contributed by atoms with Gasteiger partial charge in [0.05, 0.1) is 22.3 Å². The minimum absolute atomic E-state index is 0.0128. The molecule has 1 aliphatic rings. The molecule has 0 bridgehead atoms. The van der Waals surface area contributed by atoms with Crippen molar-refractivity contribution in [2.75, 3.05) is 10.9 Å². The monoisotopic (exact) mass is 385 g/mol. The van der Waals surface area contributed by atoms with Crippen molar-refractivity contribution in [1.29, 1.82) is 0 Å². The summed E-state index contributed by atoms with van der Waals surface area (Å²) in [6.07, 6.45) is 0.664. The number of hydrogen-bond donors (Lipinski definition) is 0. The Hall–Kier alpha value is -1.43. The van der Waals surface area contributed by atoms with Crippen molar-refractivity contribution in [1.82, 2.24) is 0 Å². The number of sulfonamides is 1. The van der Waals surface area contributed by atoms with E-state index in [-0.39, 0.29) is 21.0 Å². The average molecular weight is 386 g/mol. The van der Waals surface area contributed by atoms with Crippen LogP contribution in [0.15, 0.2) is 41.3 Å². The van der Waals surface area contributed by atoms with Gasteiger partial charge in [0.2, 0.25) is 0 Å². The van der Waals surface area contributed by atoms with Crippen LogP contribution in [0.3, 0.4) is 0 Å². The molecule has 0 spiro atoms. The van der Waals surface area contributed by atoms with Gasteiger partial charge in [0.1, 0.15) is 10.6 Å². The van der Waals surface area contributed by atoms with Crippen LogP contribution in [0.2, 0.25) is 10.0 Å². The van der Waals surface area contributed by atoms with Gasteiger partial charge in [-0.25, -0.2) is 8.42 Å². The molecule has 1 aliphatic heterocycles. The first kappa shape index (κ1) is 17.4. The molecule has 7 heteroatoms. The van der Waals surface area contributed by atoms with Crippen molar-refractivity contribution < 1.29 is 13.2 Å². The molecule has 1 heterocycles. The minimum atomic E-state index is -3.82. The van der Waals surface area contributed by atoms with Crippen LogP contribution in [0.5, 0.6) is 5.75 Å². The highest BCUT2D eigenvalue weighted by Gasteiger charge is 2.37. The first-order valence-electron chi connectivity index (χ1n) is 7.60. The van der Waals surface area contributed by atoms with Gasteiger partial charge in [0.25, 0.3) is 10.0 Å². The quantitative estimate of drug-likeness (QED) is 0.776. The van der Waals surface area contributed by atoms with Crippen LogP contribution < -0.4 is 9.04 Å². The number of nitrogens with zero attached hydrogens (tertiary/aromatic N) is 1. The maximum absolute atomic E-state index is 13.2. The summed E-state index contributed by atoms with van der Waals surface area (Å²) >= 11 is 12.4. The molecule has 2 aromatic carbocycles. The fourth-order valence-corrected chi connectivity index (χ4v) is 5.48. The topological polar surface area (TPSA) is 46.6 Å². The van der Waals surface area contributed by atoms with Gasteiger partial charge in [0, 0.05) is 12.1 Å². The lowest BCUT2D eigenvalue weighted by atomic mass is 10.1. The Balaban J connectivity index is 2.11. The molecule has 0 amide bonds. The number of fused-ring (bicyclic) bond motifs is 1. The van der Waals surface area contributed by atoms with E-state index in [0.29, 0.717) is 24.5 Å². The Kier molecular flexibility index (Phi) is 4.69. The van der Waals surface area contributed by atoms with Crippen LogP contribution in [-0.2, 0) is 16.4 Å². The Morgan fingerprint density at radius 1 is 1.21 bits per heavy atom. The van der Waals surface area contributed by atoms with Crippen LogP contribution in [-0.4, -0.2) is 21.1 Å². The summed E-state index contributed by atoms with van der Waals surface area (Å²) in [5, 5.41) is 0.319. The summed E-state index contributed by atoms with van der Waals surface area (Å²) in [6.45, 7) is 4.11. The molecule has 24 heavy (non-hydrogen) atoms. The van der Waals surface area contributed by atoms with E-state index in [1.807, 2.05) is 32.0 Å². The third kappa shape index (κ3) is 2.85. The van der Waals surface area contributed by atoms with E-state index < -0.39 is 10.0 Å². The summed E-state index contributed by atoms with van der Waals surface area (Å²) in [5.74, 6) is 0.373. The number of rotatable bonds is 4. The molecule has 0 radical (unpaired) electrons. The van der Waals surface area contributed by atoms with Gasteiger partial charge in [-0.2, -0.15) is 0 Å². The number of hydrogen-bond acceptors (Lipinski definition) is 3. The van der Waals surface area contributed by atoms with Gasteiger partial charge in [-0.05, 0) is 38.0 Å². The van der Waals surface area contributed by atoms with Gasteiger partial charge in [0.15, 0.2) is 0 Å². The summed E-state index contributed by atoms with van der Waals surface area (Å²) in [7, 11) is -3.82. The number of halogens is 2. The highest BCUT2D eigenvalue weighted by Crippen LogP contribution is 2.40. The maximum atomic E-state index is 13.2. The Morgan fingerprint density at radius 3 is 2.62 bits per heavy atom. The fourth-order valence-electron chi connectivity index (χ4n) is 2.98. The lowest BCUT2D eigenvalue weighted by Gasteiger charge is -2.25. The molecular formula is C17H17Cl2NO3S. The van der Waals surface area contributed by atoms with Gasteiger partial charge in [-0.15, -0.1) is 0 Å². The lowest BCUT2D eigenvalue weighted by Crippen LogP contribution is -2.35. The van der Waals surface area contributed by atoms with E-state index in [1.54, 1.807) is 6.07 Å². The third-order valence-electron chi connectivity index (χ3n) is 3.97. The number of anilines is 1. The van der Waals surface area contributed by atoms with Crippen LogP contribution >= 0.6 is 23.2 Å². The number of para-hydroxylation sites is 1. The molecule has 0 aliphatic carbocycles. The second-order valence-corrected chi connectivity index (χ2v) is 8.23. The van der Waals surface area contributed by atoms with Gasteiger partial charge in [-0.3, -0.25) is 4.31 Å². The predicted molar refractivity (Wildman–Crippen MR) is 96.9 cm³/mol. The lowest BCUT2D eigenvalue weighted by molar-refractivity contribution is 0.340. The van der Waals surface area contributed by atoms with Crippen molar-refractivity contribution in [3.63, 3.8) is 0 Å². The zero-order valence-electron chi connectivity index (χ0n) is 13.3. The maximum Gasteiger partial charge on any atom is 0.266 e. The van der Waals surface area contributed by atoms with Crippen molar-refractivity contribution in [2.45, 2.75) is 31.2 Å². The van der Waals surface area contributed by atoms with Gasteiger partial charge in [-0.1, -0.05) is 41.4 Å². The molecule has 0 saturated heterocycles.